The van der Waals surface area contributed by atoms with E-state index in [1.807, 2.05) is 54.5 Å². The molecule has 0 spiro atoms. The van der Waals surface area contributed by atoms with Crippen molar-refractivity contribution in [2.75, 3.05) is 0 Å². The van der Waals surface area contributed by atoms with Crippen molar-refractivity contribution in [3.05, 3.63) is 87.3 Å². The number of rotatable bonds is 7. The molecular weight excluding hydrogens is 472 g/mol. The van der Waals surface area contributed by atoms with E-state index in [-0.39, 0.29) is 18.4 Å². The number of aliphatic imine (C=N–C) groups is 1. The number of carbonyl (C=O) groups excluding carboxylic acids is 2. The summed E-state index contributed by atoms with van der Waals surface area (Å²) in [6.45, 7) is 5.83. The molecule has 4 rings (SSSR count). The number of ether oxygens (including phenoxy) is 1. The van der Waals surface area contributed by atoms with Gasteiger partial charge in [-0.1, -0.05) is 35.5 Å². The van der Waals surface area contributed by atoms with Crippen LogP contribution in [0.4, 0.5) is 0 Å². The highest BCUT2D eigenvalue weighted by Crippen LogP contribution is 2.45. The van der Waals surface area contributed by atoms with Gasteiger partial charge in [-0.05, 0) is 61.6 Å². The van der Waals surface area contributed by atoms with Crippen LogP contribution in [0.15, 0.2) is 76.2 Å². The summed E-state index contributed by atoms with van der Waals surface area (Å²) in [5.74, 6) is -0.564. The molecule has 1 aromatic carbocycles. The number of benzene rings is 1. The van der Waals surface area contributed by atoms with Gasteiger partial charge in [0.15, 0.2) is 5.17 Å². The molecule has 9 heteroatoms. The molecule has 0 saturated heterocycles. The molecule has 3 heterocycles. The van der Waals surface area contributed by atoms with Crippen molar-refractivity contribution < 1.29 is 14.3 Å². The Bertz CT molecular complexity index is 1190. The highest BCUT2D eigenvalue weighted by atomic mass is 35.5. The molecule has 7 nitrogen and oxygen atoms in total. The van der Waals surface area contributed by atoms with Crippen LogP contribution in [0.5, 0.6) is 0 Å². The second-order valence-corrected chi connectivity index (χ2v) is 9.48. The first-order valence-corrected chi connectivity index (χ1v) is 12.2. The molecule has 0 saturated carbocycles. The maximum atomic E-state index is 13.1. The number of fused-ring (bicyclic) bond motifs is 1. The molecule has 0 radical (unpaired) electrons. The number of hydrogen-bond donors (Lipinski definition) is 1. The Morgan fingerprint density at radius 3 is 2.71 bits per heavy atom. The Kier molecular flexibility index (Phi) is 7.38. The van der Waals surface area contributed by atoms with E-state index in [1.54, 1.807) is 25.4 Å². The van der Waals surface area contributed by atoms with E-state index < -0.39 is 12.0 Å². The van der Waals surface area contributed by atoms with Gasteiger partial charge in [-0.15, -0.1) is 0 Å². The van der Waals surface area contributed by atoms with Gasteiger partial charge < -0.3 is 15.0 Å². The molecule has 0 aliphatic carbocycles. The summed E-state index contributed by atoms with van der Waals surface area (Å²) in [7, 11) is 0. The van der Waals surface area contributed by atoms with Crippen molar-refractivity contribution in [3.8, 4) is 0 Å². The van der Waals surface area contributed by atoms with E-state index in [1.165, 1.54) is 11.8 Å². The Labute approximate surface area is 207 Å². The molecular formula is C25H25ClN4O3S. The standard InChI is InChI=1S/C25H25ClN4O3S/c1-15(2)33-24(32)22-16(3)29-25-30(23(22)18-5-4-6-19(26)11-18)20(14-34-25)12-21(31)28-13-17-7-9-27-10-8-17/h4-11,14-15,23H,12-13H2,1-3H3,(H,28,31)/t23-/m1/s1. The Morgan fingerprint density at radius 1 is 1.24 bits per heavy atom. The largest absolute Gasteiger partial charge is 0.459 e. The van der Waals surface area contributed by atoms with Crippen molar-refractivity contribution in [2.45, 2.75) is 45.9 Å². The van der Waals surface area contributed by atoms with Crippen LogP contribution in [0.1, 0.15) is 44.4 Å². The van der Waals surface area contributed by atoms with Crippen LogP contribution in [0.3, 0.4) is 0 Å². The summed E-state index contributed by atoms with van der Waals surface area (Å²) in [5.41, 5.74) is 3.56. The minimum Gasteiger partial charge on any atom is -0.459 e. The third-order valence-corrected chi connectivity index (χ3v) is 6.43. The second-order valence-electron chi connectivity index (χ2n) is 8.21. The van der Waals surface area contributed by atoms with Crippen molar-refractivity contribution in [3.63, 3.8) is 0 Å². The molecule has 2 aliphatic heterocycles. The van der Waals surface area contributed by atoms with Crippen molar-refractivity contribution in [1.82, 2.24) is 15.2 Å². The topological polar surface area (TPSA) is 83.9 Å². The van der Waals surface area contributed by atoms with Gasteiger partial charge in [-0.2, -0.15) is 0 Å². The number of allylic oxidation sites excluding steroid dienone is 1. The fraction of sp³-hybridized carbons (Fsp3) is 0.280. The number of carbonyl (C=O) groups is 2. The van der Waals surface area contributed by atoms with Gasteiger partial charge in [0, 0.05) is 29.7 Å². The first-order chi connectivity index (χ1) is 16.3. The predicted octanol–water partition coefficient (Wildman–Crippen LogP) is 4.97. The number of amidine groups is 1. The molecule has 2 aromatic rings. The van der Waals surface area contributed by atoms with Gasteiger partial charge >= 0.3 is 5.97 Å². The summed E-state index contributed by atoms with van der Waals surface area (Å²) >= 11 is 7.74. The number of aromatic nitrogens is 1. The first kappa shape index (κ1) is 24.0. The Morgan fingerprint density at radius 2 is 2.00 bits per heavy atom. The zero-order valence-electron chi connectivity index (χ0n) is 19.1. The zero-order valence-corrected chi connectivity index (χ0v) is 20.7. The van der Waals surface area contributed by atoms with Gasteiger partial charge in [0.05, 0.1) is 29.8 Å². The monoisotopic (exact) mass is 496 g/mol. The summed E-state index contributed by atoms with van der Waals surface area (Å²) in [6.07, 6.45) is 3.24. The first-order valence-electron chi connectivity index (χ1n) is 10.9. The number of nitrogens with zero attached hydrogens (tertiary/aromatic N) is 3. The summed E-state index contributed by atoms with van der Waals surface area (Å²) in [5, 5.41) is 6.12. The molecule has 0 bridgehead atoms. The van der Waals surface area contributed by atoms with E-state index in [0.29, 0.717) is 28.0 Å². The maximum Gasteiger partial charge on any atom is 0.338 e. The maximum absolute atomic E-state index is 13.1. The molecule has 1 N–H and O–H groups in total. The summed E-state index contributed by atoms with van der Waals surface area (Å²) in [4.78, 5) is 36.5. The van der Waals surface area contributed by atoms with Crippen LogP contribution < -0.4 is 5.32 Å². The Hall–Kier alpha value is -3.10. The van der Waals surface area contributed by atoms with Gasteiger partial charge in [-0.3, -0.25) is 9.78 Å². The number of nitrogens with one attached hydrogen (secondary N) is 1. The summed E-state index contributed by atoms with van der Waals surface area (Å²) in [6, 6.07) is 10.6. The fourth-order valence-corrected chi connectivity index (χ4v) is 4.99. The Balaban J connectivity index is 1.62. The summed E-state index contributed by atoms with van der Waals surface area (Å²) < 4.78 is 5.56. The number of thioether (sulfide) groups is 1. The van der Waals surface area contributed by atoms with Crippen LogP contribution in [0.2, 0.25) is 5.02 Å². The average molecular weight is 497 g/mol. The van der Waals surface area contributed by atoms with E-state index in [4.69, 9.17) is 16.3 Å². The molecule has 34 heavy (non-hydrogen) atoms. The minimum absolute atomic E-state index is 0.132. The molecule has 1 amide bonds. The van der Waals surface area contributed by atoms with Gasteiger partial charge in [0.1, 0.15) is 0 Å². The highest BCUT2D eigenvalue weighted by Gasteiger charge is 2.41. The second kappa shape index (κ2) is 10.4. The molecule has 0 fully saturated rings. The number of esters is 1. The normalized spacial score (nSPS) is 17.3. The third kappa shape index (κ3) is 5.34. The van der Waals surface area contributed by atoms with Crippen LogP contribution in [0.25, 0.3) is 0 Å². The van der Waals surface area contributed by atoms with Crippen molar-refractivity contribution in [2.24, 2.45) is 4.99 Å². The quantitative estimate of drug-likeness (QED) is 0.545. The predicted molar refractivity (Wildman–Crippen MR) is 134 cm³/mol. The van der Waals surface area contributed by atoms with Gasteiger partial charge in [-0.25, -0.2) is 9.79 Å². The average Bonchev–Trinajstić information content (AvgIpc) is 3.18. The number of halogens is 1. The van der Waals surface area contributed by atoms with Crippen molar-refractivity contribution in [1.29, 1.82) is 0 Å². The smallest absolute Gasteiger partial charge is 0.338 e. The molecule has 1 atom stereocenters. The van der Waals surface area contributed by atoms with Gasteiger partial charge in [0.25, 0.3) is 0 Å². The SMILES string of the molecule is CC1=C(C(=O)OC(C)C)[C@@H](c2cccc(Cl)c2)N2C(CC(=O)NCc3ccncc3)=CSC2=N1. The lowest BCUT2D eigenvalue weighted by Gasteiger charge is -2.36. The highest BCUT2D eigenvalue weighted by molar-refractivity contribution is 8.16. The van der Waals surface area contributed by atoms with E-state index in [0.717, 1.165) is 16.8 Å². The molecule has 0 unspecified atom stereocenters. The zero-order chi connectivity index (χ0) is 24.2. The van der Waals surface area contributed by atoms with E-state index >= 15 is 0 Å². The third-order valence-electron chi connectivity index (χ3n) is 5.31. The van der Waals surface area contributed by atoms with Gasteiger partial charge in [0.2, 0.25) is 5.91 Å². The lowest BCUT2D eigenvalue weighted by Crippen LogP contribution is -2.38. The minimum atomic E-state index is -0.508. The van der Waals surface area contributed by atoms with Crippen LogP contribution in [-0.2, 0) is 20.9 Å². The molecule has 176 valence electrons. The van der Waals surface area contributed by atoms with Crippen LogP contribution >= 0.6 is 23.4 Å². The number of amides is 1. The molecule has 2 aliphatic rings. The fourth-order valence-electron chi connectivity index (χ4n) is 3.83. The number of pyridine rings is 1. The van der Waals surface area contributed by atoms with Crippen molar-refractivity contribution >= 4 is 40.4 Å². The number of hydrogen-bond acceptors (Lipinski definition) is 7. The van der Waals surface area contributed by atoms with E-state index in [2.05, 4.69) is 15.3 Å². The lowest BCUT2D eigenvalue weighted by atomic mass is 9.94. The van der Waals surface area contributed by atoms with Crippen LogP contribution in [0, 0.1) is 0 Å². The van der Waals surface area contributed by atoms with Crippen LogP contribution in [-0.4, -0.2) is 33.0 Å². The van der Waals surface area contributed by atoms with E-state index in [9.17, 15) is 9.59 Å². The lowest BCUT2D eigenvalue weighted by molar-refractivity contribution is -0.143. The molecule has 1 aromatic heterocycles.